The van der Waals surface area contributed by atoms with Crippen molar-refractivity contribution in [2.24, 2.45) is 0 Å². The molecule has 0 radical (unpaired) electrons. The molecule has 0 bridgehead atoms. The normalized spacial score (nSPS) is 11.9. The third kappa shape index (κ3) is 3.74. The van der Waals surface area contributed by atoms with Gasteiger partial charge in [-0.2, -0.15) is 0 Å². The van der Waals surface area contributed by atoms with Crippen LogP contribution in [0.15, 0.2) is 72.3 Å². The van der Waals surface area contributed by atoms with E-state index in [1.54, 1.807) is 0 Å². The van der Waals surface area contributed by atoms with Crippen LogP contribution in [0.5, 0.6) is 17.2 Å². The summed E-state index contributed by atoms with van der Waals surface area (Å²) in [5, 5.41) is 0. The van der Waals surface area contributed by atoms with Crippen LogP contribution < -0.4 is 14.4 Å². The lowest BCUT2D eigenvalue weighted by atomic mass is 10.1. The molecule has 0 amide bonds. The van der Waals surface area contributed by atoms with Gasteiger partial charge in [-0.15, -0.1) is 0 Å². The van der Waals surface area contributed by atoms with E-state index in [1.807, 2.05) is 36.4 Å². The first-order valence-corrected chi connectivity index (χ1v) is 9.63. The van der Waals surface area contributed by atoms with Gasteiger partial charge in [-0.25, -0.2) is 0 Å². The average molecular weight is 371 g/mol. The summed E-state index contributed by atoms with van der Waals surface area (Å²) in [5.74, 6) is 2.69. The summed E-state index contributed by atoms with van der Waals surface area (Å²) in [6.07, 6.45) is 2.18. The lowest BCUT2D eigenvalue weighted by Gasteiger charge is -2.32. The number of benzene rings is 3. The van der Waals surface area contributed by atoms with Gasteiger partial charge in [0.15, 0.2) is 11.5 Å². The molecule has 0 unspecified atom stereocenters. The molecule has 0 aromatic heterocycles. The highest BCUT2D eigenvalue weighted by Gasteiger charge is 2.23. The SMILES string of the molecule is CC(C)=Cc1ccc(OCCN2c3ccccc3Oc3ccccc32)c(C)c1. The molecule has 3 heteroatoms. The predicted molar refractivity (Wildman–Crippen MR) is 116 cm³/mol. The molecule has 0 N–H and O–H groups in total. The smallest absolute Gasteiger partial charge is 0.151 e. The Balaban J connectivity index is 1.51. The van der Waals surface area contributed by atoms with Gasteiger partial charge in [0.2, 0.25) is 0 Å². The Hall–Kier alpha value is -3.20. The van der Waals surface area contributed by atoms with E-state index < -0.39 is 0 Å². The van der Waals surface area contributed by atoms with Gasteiger partial charge in [0.25, 0.3) is 0 Å². The fourth-order valence-electron chi connectivity index (χ4n) is 3.53. The molecule has 1 aliphatic rings. The second kappa shape index (κ2) is 7.81. The second-order valence-electron chi connectivity index (χ2n) is 7.28. The van der Waals surface area contributed by atoms with Gasteiger partial charge in [0, 0.05) is 0 Å². The quantitative estimate of drug-likeness (QED) is 0.496. The number of aryl methyl sites for hydroxylation is 1. The fraction of sp³-hybridized carbons (Fsp3) is 0.200. The van der Waals surface area contributed by atoms with Crippen LogP contribution in [0.4, 0.5) is 11.4 Å². The number of anilines is 2. The number of allylic oxidation sites excluding steroid dienone is 1. The molecule has 28 heavy (non-hydrogen) atoms. The maximum absolute atomic E-state index is 6.13. The number of fused-ring (bicyclic) bond motifs is 2. The number of hydrogen-bond donors (Lipinski definition) is 0. The van der Waals surface area contributed by atoms with Gasteiger partial charge < -0.3 is 14.4 Å². The molecule has 0 atom stereocenters. The first-order valence-electron chi connectivity index (χ1n) is 9.63. The van der Waals surface area contributed by atoms with E-state index in [1.165, 1.54) is 11.1 Å². The highest BCUT2D eigenvalue weighted by molar-refractivity contribution is 5.77. The number of para-hydroxylation sites is 4. The maximum Gasteiger partial charge on any atom is 0.151 e. The van der Waals surface area contributed by atoms with Crippen molar-refractivity contribution in [3.63, 3.8) is 0 Å². The minimum atomic E-state index is 0.589. The highest BCUT2D eigenvalue weighted by atomic mass is 16.5. The summed E-state index contributed by atoms with van der Waals surface area (Å²) >= 11 is 0. The standard InChI is InChI=1S/C25H25NO2/c1-18(2)16-20-12-13-23(19(3)17-20)27-15-14-26-21-8-4-6-10-24(21)28-25-11-7-5-9-22(25)26/h4-13,16-17H,14-15H2,1-3H3. The molecule has 0 saturated carbocycles. The van der Waals surface area contributed by atoms with Gasteiger partial charge in [-0.1, -0.05) is 42.0 Å². The topological polar surface area (TPSA) is 21.7 Å². The van der Waals surface area contributed by atoms with Crippen molar-refractivity contribution >= 4 is 17.5 Å². The molecule has 0 aliphatic carbocycles. The molecule has 4 rings (SSSR count). The Bertz CT molecular complexity index is 973. The molecule has 3 aromatic rings. The molecule has 142 valence electrons. The van der Waals surface area contributed by atoms with Crippen LogP contribution in [-0.2, 0) is 0 Å². The summed E-state index contributed by atoms with van der Waals surface area (Å²) in [5.41, 5.74) is 5.79. The first-order chi connectivity index (χ1) is 13.6. The average Bonchev–Trinajstić information content (AvgIpc) is 2.68. The van der Waals surface area contributed by atoms with Crippen LogP contribution in [0.1, 0.15) is 25.0 Å². The van der Waals surface area contributed by atoms with E-state index in [2.05, 4.69) is 62.1 Å². The number of nitrogens with zero attached hydrogens (tertiary/aromatic N) is 1. The van der Waals surface area contributed by atoms with Crippen LogP contribution in [0, 0.1) is 6.92 Å². The predicted octanol–water partition coefficient (Wildman–Crippen LogP) is 6.74. The van der Waals surface area contributed by atoms with E-state index >= 15 is 0 Å². The summed E-state index contributed by atoms with van der Waals surface area (Å²) in [4.78, 5) is 2.26. The van der Waals surface area contributed by atoms with Crippen LogP contribution in [0.3, 0.4) is 0 Å². The van der Waals surface area contributed by atoms with Gasteiger partial charge in [-0.3, -0.25) is 0 Å². The molecule has 3 aromatic carbocycles. The van der Waals surface area contributed by atoms with Crippen molar-refractivity contribution in [3.8, 4) is 17.2 Å². The van der Waals surface area contributed by atoms with Crippen LogP contribution in [0.25, 0.3) is 6.08 Å². The monoisotopic (exact) mass is 371 g/mol. The third-order valence-corrected chi connectivity index (χ3v) is 4.76. The zero-order valence-corrected chi connectivity index (χ0v) is 16.6. The minimum absolute atomic E-state index is 0.589. The van der Waals surface area contributed by atoms with Gasteiger partial charge >= 0.3 is 0 Å². The molecule has 3 nitrogen and oxygen atoms in total. The molecule has 0 saturated heterocycles. The van der Waals surface area contributed by atoms with E-state index in [-0.39, 0.29) is 0 Å². The number of ether oxygens (including phenoxy) is 2. The Kier molecular flexibility index (Phi) is 5.07. The fourth-order valence-corrected chi connectivity index (χ4v) is 3.53. The molecule has 0 fully saturated rings. The second-order valence-corrected chi connectivity index (χ2v) is 7.28. The Labute approximate surface area is 166 Å². The molecule has 0 spiro atoms. The molecule has 1 aliphatic heterocycles. The van der Waals surface area contributed by atoms with E-state index in [0.29, 0.717) is 6.61 Å². The first kappa shape index (κ1) is 18.2. The van der Waals surface area contributed by atoms with E-state index in [0.717, 1.165) is 40.7 Å². The lowest BCUT2D eigenvalue weighted by Crippen LogP contribution is -2.26. The van der Waals surface area contributed by atoms with Gasteiger partial charge in [0.05, 0.1) is 17.9 Å². The van der Waals surface area contributed by atoms with Crippen LogP contribution in [-0.4, -0.2) is 13.2 Å². The molecule has 1 heterocycles. The minimum Gasteiger partial charge on any atom is -0.491 e. The zero-order chi connectivity index (χ0) is 19.5. The van der Waals surface area contributed by atoms with Crippen molar-refractivity contribution in [1.29, 1.82) is 0 Å². The summed E-state index contributed by atoms with van der Waals surface area (Å²) in [6.45, 7) is 7.64. The lowest BCUT2D eigenvalue weighted by molar-refractivity contribution is 0.324. The van der Waals surface area contributed by atoms with E-state index in [4.69, 9.17) is 9.47 Å². The zero-order valence-electron chi connectivity index (χ0n) is 16.6. The number of hydrogen-bond acceptors (Lipinski definition) is 3. The highest BCUT2D eigenvalue weighted by Crippen LogP contribution is 2.45. The van der Waals surface area contributed by atoms with Crippen LogP contribution >= 0.6 is 0 Å². The van der Waals surface area contributed by atoms with Crippen molar-refractivity contribution in [1.82, 2.24) is 0 Å². The molecular formula is C25H25NO2. The Morgan fingerprint density at radius 3 is 2.18 bits per heavy atom. The van der Waals surface area contributed by atoms with Gasteiger partial charge in [0.1, 0.15) is 12.4 Å². The maximum atomic E-state index is 6.13. The summed E-state index contributed by atoms with van der Waals surface area (Å²) < 4.78 is 12.2. The van der Waals surface area contributed by atoms with Crippen molar-refractivity contribution < 1.29 is 9.47 Å². The summed E-state index contributed by atoms with van der Waals surface area (Å²) in [6, 6.07) is 22.6. The van der Waals surface area contributed by atoms with Crippen molar-refractivity contribution in [3.05, 3.63) is 83.4 Å². The largest absolute Gasteiger partial charge is 0.491 e. The third-order valence-electron chi connectivity index (χ3n) is 4.76. The van der Waals surface area contributed by atoms with Crippen molar-refractivity contribution in [2.75, 3.05) is 18.1 Å². The summed E-state index contributed by atoms with van der Waals surface area (Å²) in [7, 11) is 0. The van der Waals surface area contributed by atoms with Crippen LogP contribution in [0.2, 0.25) is 0 Å². The Morgan fingerprint density at radius 2 is 1.57 bits per heavy atom. The number of rotatable bonds is 5. The Morgan fingerprint density at radius 1 is 0.929 bits per heavy atom. The molecular weight excluding hydrogens is 346 g/mol. The van der Waals surface area contributed by atoms with Gasteiger partial charge in [-0.05, 0) is 68.3 Å². The van der Waals surface area contributed by atoms with Crippen molar-refractivity contribution in [2.45, 2.75) is 20.8 Å². The van der Waals surface area contributed by atoms with E-state index in [9.17, 15) is 0 Å².